The molecule has 6 nitrogen and oxygen atoms in total. The highest BCUT2D eigenvalue weighted by Gasteiger charge is 2.15. The van der Waals surface area contributed by atoms with Crippen molar-refractivity contribution in [1.29, 1.82) is 0 Å². The van der Waals surface area contributed by atoms with Gasteiger partial charge in [0.25, 0.3) is 5.09 Å². The third kappa shape index (κ3) is 2.66. The third-order valence-electron chi connectivity index (χ3n) is 3.22. The molecule has 112 valence electrons. The minimum Gasteiger partial charge on any atom is -0.508 e. The number of nitrogens with zero attached hydrogens (tertiary/aromatic N) is 1. The summed E-state index contributed by atoms with van der Waals surface area (Å²) in [4.78, 5) is 15.8. The Morgan fingerprint density at radius 1 is 1.09 bits per heavy atom. The number of rotatable bonds is 4. The van der Waals surface area contributed by atoms with Crippen LogP contribution in [0, 0.1) is 10.1 Å². The lowest BCUT2D eigenvalue weighted by Gasteiger charge is -2.04. The molecule has 2 aromatic carbocycles. The molecule has 0 saturated heterocycles. The van der Waals surface area contributed by atoms with Crippen LogP contribution in [0.5, 0.6) is 11.5 Å². The van der Waals surface area contributed by atoms with E-state index in [1.807, 2.05) is 0 Å². The third-order valence-corrected chi connectivity index (χ3v) is 4.46. The number of fused-ring (bicyclic) bond motifs is 1. The van der Waals surface area contributed by atoms with Crippen LogP contribution in [-0.4, -0.2) is 15.3 Å². The Labute approximate surface area is 128 Å². The standard InChI is InChI=1S/C15H11NO5S/c17-10-3-1-9(2-4-10)15-13(8-21-16(19)20)12-6-5-11(18)7-14(12)22-15/h1-7,17-18H,8H2. The summed E-state index contributed by atoms with van der Waals surface area (Å²) in [5.41, 5.74) is 1.50. The Bertz CT molecular complexity index is 841. The van der Waals surface area contributed by atoms with Gasteiger partial charge in [-0.2, -0.15) is 0 Å². The van der Waals surface area contributed by atoms with Crippen molar-refractivity contribution in [1.82, 2.24) is 0 Å². The molecule has 0 unspecified atom stereocenters. The lowest BCUT2D eigenvalue weighted by molar-refractivity contribution is -0.762. The summed E-state index contributed by atoms with van der Waals surface area (Å²) in [6, 6.07) is 11.4. The number of hydrogen-bond donors (Lipinski definition) is 2. The molecule has 7 heteroatoms. The summed E-state index contributed by atoms with van der Waals surface area (Å²) >= 11 is 1.40. The highest BCUT2D eigenvalue weighted by molar-refractivity contribution is 7.22. The minimum absolute atomic E-state index is 0.132. The summed E-state index contributed by atoms with van der Waals surface area (Å²) < 4.78 is 0.810. The fraction of sp³-hybridized carbons (Fsp3) is 0.0667. The lowest BCUT2D eigenvalue weighted by Crippen LogP contribution is -2.00. The van der Waals surface area contributed by atoms with E-state index in [-0.39, 0.29) is 18.1 Å². The normalized spacial score (nSPS) is 10.7. The Hall–Kier alpha value is -2.80. The Kier molecular flexibility index (Phi) is 3.56. The second-order valence-corrected chi connectivity index (χ2v) is 5.69. The number of thiophene rings is 1. The van der Waals surface area contributed by atoms with Crippen molar-refractivity contribution in [3.8, 4) is 21.9 Å². The summed E-state index contributed by atoms with van der Waals surface area (Å²) in [6.45, 7) is -0.173. The molecule has 0 atom stereocenters. The van der Waals surface area contributed by atoms with Gasteiger partial charge in [-0.3, -0.25) is 0 Å². The Morgan fingerprint density at radius 2 is 1.77 bits per heavy atom. The van der Waals surface area contributed by atoms with Crippen LogP contribution < -0.4 is 0 Å². The number of phenolic OH excluding ortho intramolecular Hbond substituents is 2. The molecular formula is C15H11NO5S. The van der Waals surface area contributed by atoms with Crippen LogP contribution >= 0.6 is 11.3 Å². The van der Waals surface area contributed by atoms with Crippen LogP contribution in [0.25, 0.3) is 20.5 Å². The first-order chi connectivity index (χ1) is 10.5. The molecule has 2 N–H and O–H groups in total. The smallest absolute Gasteiger partial charge is 0.294 e. The zero-order valence-electron chi connectivity index (χ0n) is 11.2. The number of aromatic hydroxyl groups is 2. The van der Waals surface area contributed by atoms with E-state index in [9.17, 15) is 20.3 Å². The first-order valence-electron chi connectivity index (χ1n) is 6.35. The molecule has 0 radical (unpaired) electrons. The SMILES string of the molecule is O=[N+]([O-])OCc1c(-c2ccc(O)cc2)sc2cc(O)ccc12. The van der Waals surface area contributed by atoms with Crippen molar-refractivity contribution >= 4 is 21.4 Å². The minimum atomic E-state index is -0.829. The lowest BCUT2D eigenvalue weighted by atomic mass is 10.1. The van der Waals surface area contributed by atoms with E-state index < -0.39 is 5.09 Å². The van der Waals surface area contributed by atoms with Gasteiger partial charge in [-0.15, -0.1) is 21.5 Å². The fourth-order valence-corrected chi connectivity index (χ4v) is 3.49. The zero-order valence-corrected chi connectivity index (χ0v) is 12.0. The van der Waals surface area contributed by atoms with Crippen LogP contribution in [0.15, 0.2) is 42.5 Å². The molecule has 0 spiro atoms. The second kappa shape index (κ2) is 5.53. The van der Waals surface area contributed by atoms with Crippen LogP contribution in [-0.2, 0) is 11.4 Å². The average molecular weight is 317 g/mol. The fourth-order valence-electron chi connectivity index (χ4n) is 2.25. The highest BCUT2D eigenvalue weighted by atomic mass is 32.1. The zero-order chi connectivity index (χ0) is 15.7. The monoisotopic (exact) mass is 317 g/mol. The van der Waals surface area contributed by atoms with Gasteiger partial charge in [0.1, 0.15) is 18.1 Å². The maximum Gasteiger partial charge on any atom is 0.294 e. The maximum absolute atomic E-state index is 10.5. The second-order valence-electron chi connectivity index (χ2n) is 4.63. The molecule has 0 amide bonds. The van der Waals surface area contributed by atoms with Gasteiger partial charge >= 0.3 is 0 Å². The largest absolute Gasteiger partial charge is 0.508 e. The van der Waals surface area contributed by atoms with Crippen molar-refractivity contribution in [2.45, 2.75) is 6.61 Å². The first-order valence-corrected chi connectivity index (χ1v) is 7.17. The molecular weight excluding hydrogens is 306 g/mol. The van der Waals surface area contributed by atoms with E-state index in [2.05, 4.69) is 4.84 Å². The average Bonchev–Trinajstić information content (AvgIpc) is 2.83. The van der Waals surface area contributed by atoms with Crippen molar-refractivity contribution < 1.29 is 20.1 Å². The molecule has 1 aromatic heterocycles. The maximum atomic E-state index is 10.5. The molecule has 0 aliphatic rings. The van der Waals surface area contributed by atoms with E-state index in [0.29, 0.717) is 5.56 Å². The molecule has 0 bridgehead atoms. The van der Waals surface area contributed by atoms with Gasteiger partial charge in [0.15, 0.2) is 0 Å². The van der Waals surface area contributed by atoms with E-state index in [1.54, 1.807) is 36.4 Å². The molecule has 0 saturated carbocycles. The Balaban J connectivity index is 2.16. The molecule has 22 heavy (non-hydrogen) atoms. The Morgan fingerprint density at radius 3 is 2.45 bits per heavy atom. The summed E-state index contributed by atoms with van der Waals surface area (Å²) in [5.74, 6) is 0.276. The van der Waals surface area contributed by atoms with Gasteiger partial charge in [-0.05, 0) is 53.4 Å². The number of benzene rings is 2. The van der Waals surface area contributed by atoms with Crippen molar-refractivity contribution in [2.24, 2.45) is 0 Å². The van der Waals surface area contributed by atoms with E-state index in [0.717, 1.165) is 20.5 Å². The van der Waals surface area contributed by atoms with Crippen molar-refractivity contribution in [3.05, 3.63) is 58.1 Å². The van der Waals surface area contributed by atoms with E-state index >= 15 is 0 Å². The first kappa shape index (κ1) is 14.2. The highest BCUT2D eigenvalue weighted by Crippen LogP contribution is 2.40. The molecule has 3 rings (SSSR count). The van der Waals surface area contributed by atoms with Crippen LogP contribution in [0.1, 0.15) is 5.56 Å². The van der Waals surface area contributed by atoms with Crippen LogP contribution in [0.4, 0.5) is 0 Å². The van der Waals surface area contributed by atoms with Gasteiger partial charge in [-0.1, -0.05) is 0 Å². The quantitative estimate of drug-likeness (QED) is 0.565. The van der Waals surface area contributed by atoms with Crippen molar-refractivity contribution in [3.63, 3.8) is 0 Å². The summed E-state index contributed by atoms with van der Waals surface area (Å²) in [5, 5.41) is 29.4. The molecule has 3 aromatic rings. The topological polar surface area (TPSA) is 92.8 Å². The van der Waals surface area contributed by atoms with E-state index in [1.165, 1.54) is 17.4 Å². The molecule has 0 aliphatic heterocycles. The predicted octanol–water partition coefficient (Wildman–Crippen LogP) is 3.69. The predicted molar refractivity (Wildman–Crippen MR) is 82.4 cm³/mol. The van der Waals surface area contributed by atoms with Gasteiger partial charge in [0, 0.05) is 15.1 Å². The number of phenols is 2. The van der Waals surface area contributed by atoms with Crippen LogP contribution in [0.2, 0.25) is 0 Å². The summed E-state index contributed by atoms with van der Waals surface area (Å²) in [7, 11) is 0. The molecule has 1 heterocycles. The van der Waals surface area contributed by atoms with Crippen molar-refractivity contribution in [2.75, 3.05) is 0 Å². The van der Waals surface area contributed by atoms with E-state index in [4.69, 9.17) is 0 Å². The van der Waals surface area contributed by atoms with Crippen LogP contribution in [0.3, 0.4) is 0 Å². The van der Waals surface area contributed by atoms with Gasteiger partial charge in [0.2, 0.25) is 0 Å². The summed E-state index contributed by atoms with van der Waals surface area (Å²) in [6.07, 6.45) is 0. The van der Waals surface area contributed by atoms with Gasteiger partial charge in [0.05, 0.1) is 0 Å². The van der Waals surface area contributed by atoms with Gasteiger partial charge < -0.3 is 15.1 Å². The molecule has 0 aliphatic carbocycles. The number of hydrogen-bond acceptors (Lipinski definition) is 6. The molecule has 0 fully saturated rings. The van der Waals surface area contributed by atoms with Gasteiger partial charge in [-0.25, -0.2) is 0 Å².